The van der Waals surface area contributed by atoms with E-state index < -0.39 is 0 Å². The second-order valence-electron chi connectivity index (χ2n) is 1.46. The van der Waals surface area contributed by atoms with Gasteiger partial charge in [0.15, 0.2) is 0 Å². The van der Waals surface area contributed by atoms with Gasteiger partial charge in [-0.25, -0.2) is 0 Å². The molecule has 0 aliphatic rings. The lowest BCUT2D eigenvalue weighted by Crippen LogP contribution is -1.70. The summed E-state index contributed by atoms with van der Waals surface area (Å²) in [5.41, 5.74) is 0. The van der Waals surface area contributed by atoms with E-state index in [4.69, 9.17) is 4.42 Å². The normalized spacial score (nSPS) is 9.00. The zero-order chi connectivity index (χ0) is 5.82. The van der Waals surface area contributed by atoms with Crippen molar-refractivity contribution in [1.82, 2.24) is 0 Å². The smallest absolute Gasteiger partial charge is 0.125 e. The molecule has 0 aromatic carbocycles. The van der Waals surface area contributed by atoms with Crippen molar-refractivity contribution >= 4 is 6.72 Å². The molecule has 2 nitrogen and oxygen atoms in total. The summed E-state index contributed by atoms with van der Waals surface area (Å²) < 4.78 is 4.94. The summed E-state index contributed by atoms with van der Waals surface area (Å²) in [7, 11) is 0. The van der Waals surface area contributed by atoms with Crippen molar-refractivity contribution < 1.29 is 4.42 Å². The maximum Gasteiger partial charge on any atom is 0.125 e. The number of hydrogen-bond donors (Lipinski definition) is 0. The Morgan fingerprint density at radius 2 is 2.62 bits per heavy atom. The first-order valence-corrected chi connectivity index (χ1v) is 2.38. The van der Waals surface area contributed by atoms with E-state index in [2.05, 4.69) is 11.7 Å². The van der Waals surface area contributed by atoms with Crippen LogP contribution in [0.2, 0.25) is 0 Å². The molecule has 0 radical (unpaired) electrons. The summed E-state index contributed by atoms with van der Waals surface area (Å²) in [5, 5.41) is 0. The predicted molar refractivity (Wildman–Crippen MR) is 32.0 cm³/mol. The molecule has 0 unspecified atom stereocenters. The summed E-state index contributed by atoms with van der Waals surface area (Å²) in [6.45, 7) is 3.90. The maximum atomic E-state index is 4.94. The van der Waals surface area contributed by atoms with Crippen molar-refractivity contribution in [2.24, 2.45) is 4.99 Å². The maximum absolute atomic E-state index is 4.94. The molecule has 1 aromatic rings. The Balaban J connectivity index is 2.62. The molecule has 0 amide bonds. The van der Waals surface area contributed by atoms with Gasteiger partial charge in [-0.3, -0.25) is 4.99 Å². The van der Waals surface area contributed by atoms with Crippen LogP contribution in [0.5, 0.6) is 0 Å². The Morgan fingerprint density at radius 1 is 1.75 bits per heavy atom. The van der Waals surface area contributed by atoms with Crippen LogP contribution in [-0.4, -0.2) is 6.72 Å². The van der Waals surface area contributed by atoms with Crippen LogP contribution < -0.4 is 0 Å². The predicted octanol–water partition coefficient (Wildman–Crippen LogP) is 1.48. The van der Waals surface area contributed by atoms with E-state index in [9.17, 15) is 0 Å². The molecular formula is C6H7NO. The topological polar surface area (TPSA) is 25.5 Å². The Kier molecular flexibility index (Phi) is 1.47. The summed E-state index contributed by atoms with van der Waals surface area (Å²) >= 11 is 0. The van der Waals surface area contributed by atoms with Crippen LogP contribution in [0.15, 0.2) is 27.8 Å². The Labute approximate surface area is 47.9 Å². The summed E-state index contributed by atoms with van der Waals surface area (Å²) in [6, 6.07) is 3.70. The van der Waals surface area contributed by atoms with E-state index in [0.29, 0.717) is 6.54 Å². The monoisotopic (exact) mass is 109 g/mol. The zero-order valence-corrected chi connectivity index (χ0v) is 4.50. The molecule has 0 aliphatic carbocycles. The highest BCUT2D eigenvalue weighted by atomic mass is 16.3. The van der Waals surface area contributed by atoms with Gasteiger partial charge in [0, 0.05) is 0 Å². The van der Waals surface area contributed by atoms with Crippen LogP contribution in [0, 0.1) is 0 Å². The van der Waals surface area contributed by atoms with E-state index in [1.807, 2.05) is 12.1 Å². The molecule has 0 N–H and O–H groups in total. The minimum atomic E-state index is 0.576. The average molecular weight is 109 g/mol. The average Bonchev–Trinajstić information content (AvgIpc) is 2.19. The number of aliphatic imine (C=N–C) groups is 1. The summed E-state index contributed by atoms with van der Waals surface area (Å²) in [5.74, 6) is 0.861. The number of hydrogen-bond acceptors (Lipinski definition) is 2. The highest BCUT2D eigenvalue weighted by molar-refractivity contribution is 5.23. The van der Waals surface area contributed by atoms with Gasteiger partial charge < -0.3 is 4.42 Å². The van der Waals surface area contributed by atoms with Gasteiger partial charge in [-0.1, -0.05) is 0 Å². The number of nitrogens with zero attached hydrogens (tertiary/aromatic N) is 1. The van der Waals surface area contributed by atoms with Gasteiger partial charge in [0.1, 0.15) is 5.76 Å². The van der Waals surface area contributed by atoms with Gasteiger partial charge in [0.05, 0.1) is 12.8 Å². The third kappa shape index (κ3) is 0.964. The SMILES string of the molecule is C=NCc1ccco1. The molecule has 8 heavy (non-hydrogen) atoms. The Hall–Kier alpha value is -1.05. The van der Waals surface area contributed by atoms with Crippen LogP contribution in [0.3, 0.4) is 0 Å². The first-order chi connectivity index (χ1) is 3.93. The van der Waals surface area contributed by atoms with Crippen molar-refractivity contribution in [3.05, 3.63) is 24.2 Å². The van der Waals surface area contributed by atoms with E-state index in [1.165, 1.54) is 0 Å². The van der Waals surface area contributed by atoms with Gasteiger partial charge in [-0.2, -0.15) is 0 Å². The van der Waals surface area contributed by atoms with Crippen LogP contribution >= 0.6 is 0 Å². The standard InChI is InChI=1S/C6H7NO/c1-7-5-6-3-2-4-8-6/h2-4H,1,5H2. The molecule has 0 aliphatic heterocycles. The fourth-order valence-corrected chi connectivity index (χ4v) is 0.513. The number of furan rings is 1. The van der Waals surface area contributed by atoms with Crippen molar-refractivity contribution in [1.29, 1.82) is 0 Å². The van der Waals surface area contributed by atoms with Gasteiger partial charge in [0.25, 0.3) is 0 Å². The largest absolute Gasteiger partial charge is 0.467 e. The Bertz CT molecular complexity index is 155. The Morgan fingerprint density at radius 3 is 3.12 bits per heavy atom. The quantitative estimate of drug-likeness (QED) is 0.528. The van der Waals surface area contributed by atoms with Crippen LogP contribution in [0.4, 0.5) is 0 Å². The van der Waals surface area contributed by atoms with Crippen LogP contribution in [0.25, 0.3) is 0 Å². The molecule has 0 atom stereocenters. The third-order valence-electron chi connectivity index (χ3n) is 0.848. The molecular weight excluding hydrogens is 102 g/mol. The molecule has 0 saturated carbocycles. The molecule has 1 aromatic heterocycles. The van der Waals surface area contributed by atoms with Crippen molar-refractivity contribution in [2.45, 2.75) is 6.54 Å². The summed E-state index contributed by atoms with van der Waals surface area (Å²) in [4.78, 5) is 3.63. The molecule has 1 heterocycles. The lowest BCUT2D eigenvalue weighted by atomic mass is 10.5. The molecule has 2 heteroatoms. The van der Waals surface area contributed by atoms with E-state index in [0.717, 1.165) is 5.76 Å². The van der Waals surface area contributed by atoms with E-state index in [-0.39, 0.29) is 0 Å². The summed E-state index contributed by atoms with van der Waals surface area (Å²) in [6.07, 6.45) is 1.63. The van der Waals surface area contributed by atoms with Crippen LogP contribution in [0.1, 0.15) is 5.76 Å². The highest BCUT2D eigenvalue weighted by Gasteiger charge is 1.87. The van der Waals surface area contributed by atoms with Crippen molar-refractivity contribution in [3.63, 3.8) is 0 Å². The first-order valence-electron chi connectivity index (χ1n) is 2.38. The lowest BCUT2D eigenvalue weighted by molar-refractivity contribution is 0.513. The van der Waals surface area contributed by atoms with E-state index >= 15 is 0 Å². The first kappa shape index (κ1) is 5.09. The van der Waals surface area contributed by atoms with Crippen LogP contribution in [-0.2, 0) is 6.54 Å². The molecule has 42 valence electrons. The highest BCUT2D eigenvalue weighted by Crippen LogP contribution is 1.99. The van der Waals surface area contributed by atoms with Gasteiger partial charge >= 0.3 is 0 Å². The molecule has 0 fully saturated rings. The molecule has 1 rings (SSSR count). The lowest BCUT2D eigenvalue weighted by Gasteiger charge is -1.82. The van der Waals surface area contributed by atoms with Gasteiger partial charge in [0.2, 0.25) is 0 Å². The minimum Gasteiger partial charge on any atom is -0.467 e. The van der Waals surface area contributed by atoms with E-state index in [1.54, 1.807) is 6.26 Å². The third-order valence-corrected chi connectivity index (χ3v) is 0.848. The van der Waals surface area contributed by atoms with Crippen molar-refractivity contribution in [3.8, 4) is 0 Å². The van der Waals surface area contributed by atoms with Crippen molar-refractivity contribution in [2.75, 3.05) is 0 Å². The minimum absolute atomic E-state index is 0.576. The number of rotatable bonds is 2. The van der Waals surface area contributed by atoms with Gasteiger partial charge in [-0.05, 0) is 18.9 Å². The molecule has 0 bridgehead atoms. The second kappa shape index (κ2) is 2.31. The second-order valence-corrected chi connectivity index (χ2v) is 1.46. The molecule has 0 spiro atoms. The molecule has 0 saturated heterocycles. The fourth-order valence-electron chi connectivity index (χ4n) is 0.513. The fraction of sp³-hybridized carbons (Fsp3) is 0.167. The zero-order valence-electron chi connectivity index (χ0n) is 4.50. The van der Waals surface area contributed by atoms with Gasteiger partial charge in [-0.15, -0.1) is 0 Å².